The van der Waals surface area contributed by atoms with Crippen LogP contribution in [0, 0.1) is 0 Å². The molecule has 0 aliphatic carbocycles. The number of carboxylic acids is 1. The molecule has 7 heteroatoms. The fourth-order valence-corrected chi connectivity index (χ4v) is 2.10. The molecule has 0 aliphatic heterocycles. The quantitative estimate of drug-likeness (QED) is 0.911. The van der Waals surface area contributed by atoms with Gasteiger partial charge in [-0.1, -0.05) is 29.3 Å². The molecule has 1 heterocycles. The fourth-order valence-electron chi connectivity index (χ4n) is 1.57. The van der Waals surface area contributed by atoms with E-state index in [2.05, 4.69) is 9.97 Å². The molecule has 0 saturated carbocycles. The Morgan fingerprint density at radius 2 is 1.95 bits per heavy atom. The molecule has 0 unspecified atom stereocenters. The van der Waals surface area contributed by atoms with Crippen molar-refractivity contribution in [2.75, 3.05) is 0 Å². The summed E-state index contributed by atoms with van der Waals surface area (Å²) in [5.74, 6) is -1.07. The highest BCUT2D eigenvalue weighted by Gasteiger charge is 2.11. The number of nitrogens with zero attached hydrogens (tertiary/aromatic N) is 1. The van der Waals surface area contributed by atoms with Crippen LogP contribution < -0.4 is 5.56 Å². The number of rotatable bonds is 3. The summed E-state index contributed by atoms with van der Waals surface area (Å²) < 4.78 is 0. The van der Waals surface area contributed by atoms with Gasteiger partial charge in [-0.3, -0.25) is 4.79 Å². The van der Waals surface area contributed by atoms with Gasteiger partial charge in [-0.05, 0) is 17.7 Å². The highest BCUT2D eigenvalue weighted by atomic mass is 35.5. The van der Waals surface area contributed by atoms with Crippen LogP contribution in [0.2, 0.25) is 10.0 Å². The van der Waals surface area contributed by atoms with Crippen LogP contribution in [0.3, 0.4) is 0 Å². The standard InChI is InChI=1S/C12H8Cl2N2O3/c13-7-2-1-3-8(14)6(7)4-10-15-9(12(18)19)5-11(17)16-10/h1-3,5H,4H2,(H,18,19)(H,15,16,17). The lowest BCUT2D eigenvalue weighted by molar-refractivity contribution is 0.0689. The van der Waals surface area contributed by atoms with Gasteiger partial charge in [-0.15, -0.1) is 0 Å². The van der Waals surface area contributed by atoms with Crippen molar-refractivity contribution in [1.29, 1.82) is 0 Å². The number of hydrogen-bond acceptors (Lipinski definition) is 3. The van der Waals surface area contributed by atoms with Gasteiger partial charge >= 0.3 is 5.97 Å². The van der Waals surface area contributed by atoms with Crippen LogP contribution in [0.15, 0.2) is 29.1 Å². The lowest BCUT2D eigenvalue weighted by Gasteiger charge is -2.06. The molecule has 2 rings (SSSR count). The third-order valence-corrected chi connectivity index (χ3v) is 3.12. The molecule has 1 aromatic heterocycles. The van der Waals surface area contributed by atoms with E-state index in [1.807, 2.05) is 0 Å². The third-order valence-electron chi connectivity index (χ3n) is 2.42. The first-order valence-electron chi connectivity index (χ1n) is 5.24. The van der Waals surface area contributed by atoms with Gasteiger partial charge in [0.25, 0.3) is 5.56 Å². The van der Waals surface area contributed by atoms with Gasteiger partial charge in [0.1, 0.15) is 5.82 Å². The molecule has 0 amide bonds. The predicted molar refractivity (Wildman–Crippen MR) is 71.1 cm³/mol. The summed E-state index contributed by atoms with van der Waals surface area (Å²) in [5.41, 5.74) is -0.274. The summed E-state index contributed by atoms with van der Waals surface area (Å²) >= 11 is 12.0. The predicted octanol–water partition coefficient (Wildman–Crippen LogP) is 2.37. The number of benzene rings is 1. The number of aromatic carboxylic acids is 1. The maximum atomic E-state index is 11.4. The normalized spacial score (nSPS) is 10.4. The van der Waals surface area contributed by atoms with Gasteiger partial charge in [0.15, 0.2) is 5.69 Å². The van der Waals surface area contributed by atoms with E-state index >= 15 is 0 Å². The van der Waals surface area contributed by atoms with Crippen molar-refractivity contribution in [2.45, 2.75) is 6.42 Å². The van der Waals surface area contributed by atoms with Gasteiger partial charge in [-0.25, -0.2) is 9.78 Å². The second kappa shape index (κ2) is 5.42. The van der Waals surface area contributed by atoms with Gasteiger partial charge in [-0.2, -0.15) is 0 Å². The van der Waals surface area contributed by atoms with Crippen molar-refractivity contribution < 1.29 is 9.90 Å². The molecule has 0 bridgehead atoms. The smallest absolute Gasteiger partial charge is 0.354 e. The van der Waals surface area contributed by atoms with Gasteiger partial charge in [0, 0.05) is 22.5 Å². The summed E-state index contributed by atoms with van der Waals surface area (Å²) in [4.78, 5) is 28.5. The Hall–Kier alpha value is -1.85. The number of halogens is 2. The van der Waals surface area contributed by atoms with Crippen LogP contribution in [0.1, 0.15) is 21.9 Å². The Morgan fingerprint density at radius 3 is 2.53 bits per heavy atom. The maximum Gasteiger partial charge on any atom is 0.354 e. The summed E-state index contributed by atoms with van der Waals surface area (Å²) in [6.45, 7) is 0. The number of carbonyl (C=O) groups is 1. The first kappa shape index (κ1) is 13.6. The lowest BCUT2D eigenvalue weighted by Crippen LogP contribution is -2.16. The average molecular weight is 299 g/mol. The van der Waals surface area contributed by atoms with Crippen molar-refractivity contribution >= 4 is 29.2 Å². The number of H-pyrrole nitrogens is 1. The van der Waals surface area contributed by atoms with Crippen molar-refractivity contribution in [2.24, 2.45) is 0 Å². The van der Waals surface area contributed by atoms with Gasteiger partial charge in [0.2, 0.25) is 0 Å². The monoisotopic (exact) mass is 298 g/mol. The van der Waals surface area contributed by atoms with Crippen LogP contribution in [0.25, 0.3) is 0 Å². The highest BCUT2D eigenvalue weighted by molar-refractivity contribution is 6.36. The minimum Gasteiger partial charge on any atom is -0.477 e. The number of nitrogens with one attached hydrogen (secondary N) is 1. The minimum absolute atomic E-state index is 0.148. The molecule has 1 aromatic carbocycles. The Bertz CT molecular complexity index is 677. The first-order valence-corrected chi connectivity index (χ1v) is 5.99. The zero-order chi connectivity index (χ0) is 14.0. The molecule has 0 aliphatic rings. The molecule has 0 saturated heterocycles. The van der Waals surface area contributed by atoms with E-state index in [0.29, 0.717) is 15.6 Å². The molecule has 0 fully saturated rings. The molecule has 19 heavy (non-hydrogen) atoms. The average Bonchev–Trinajstić information content (AvgIpc) is 2.33. The number of aromatic amines is 1. The molecule has 0 spiro atoms. The van der Waals surface area contributed by atoms with Crippen molar-refractivity contribution in [3.63, 3.8) is 0 Å². The fraction of sp³-hybridized carbons (Fsp3) is 0.0833. The van der Waals surface area contributed by atoms with Crippen molar-refractivity contribution in [1.82, 2.24) is 9.97 Å². The van der Waals surface area contributed by atoms with E-state index in [-0.39, 0.29) is 17.9 Å². The number of aromatic nitrogens is 2. The van der Waals surface area contributed by atoms with Crippen LogP contribution in [0.4, 0.5) is 0 Å². The molecular weight excluding hydrogens is 291 g/mol. The van der Waals surface area contributed by atoms with Crippen LogP contribution in [-0.2, 0) is 6.42 Å². The molecule has 0 radical (unpaired) electrons. The lowest BCUT2D eigenvalue weighted by atomic mass is 10.1. The summed E-state index contributed by atoms with van der Waals surface area (Å²) in [5, 5.41) is 9.70. The van der Waals surface area contributed by atoms with E-state index < -0.39 is 11.5 Å². The Balaban J connectivity index is 2.44. The zero-order valence-corrected chi connectivity index (χ0v) is 11.0. The summed E-state index contributed by atoms with van der Waals surface area (Å²) in [6, 6.07) is 5.92. The highest BCUT2D eigenvalue weighted by Crippen LogP contribution is 2.25. The van der Waals surface area contributed by atoms with E-state index in [0.717, 1.165) is 6.07 Å². The molecular formula is C12H8Cl2N2O3. The zero-order valence-electron chi connectivity index (χ0n) is 9.48. The summed E-state index contributed by atoms with van der Waals surface area (Å²) in [6.07, 6.45) is 0.148. The van der Waals surface area contributed by atoms with Crippen LogP contribution in [-0.4, -0.2) is 21.0 Å². The second-order valence-electron chi connectivity index (χ2n) is 3.76. The van der Waals surface area contributed by atoms with Crippen LogP contribution in [0.5, 0.6) is 0 Å². The molecule has 98 valence electrons. The SMILES string of the molecule is O=C(O)c1cc(=O)[nH]c(Cc2c(Cl)cccc2Cl)n1. The Kier molecular flexibility index (Phi) is 3.87. The van der Waals surface area contributed by atoms with Crippen LogP contribution >= 0.6 is 23.2 Å². The minimum atomic E-state index is -1.27. The molecule has 0 atom stereocenters. The van der Waals surface area contributed by atoms with Gasteiger partial charge in [0.05, 0.1) is 0 Å². The van der Waals surface area contributed by atoms with E-state index in [9.17, 15) is 9.59 Å². The molecule has 2 N–H and O–H groups in total. The van der Waals surface area contributed by atoms with E-state index in [1.54, 1.807) is 18.2 Å². The molecule has 2 aromatic rings. The van der Waals surface area contributed by atoms with E-state index in [4.69, 9.17) is 28.3 Å². The maximum absolute atomic E-state index is 11.4. The Morgan fingerprint density at radius 1 is 1.32 bits per heavy atom. The largest absolute Gasteiger partial charge is 0.477 e. The number of hydrogen-bond donors (Lipinski definition) is 2. The second-order valence-corrected chi connectivity index (χ2v) is 4.57. The Labute approximate surface area is 117 Å². The third kappa shape index (κ3) is 3.13. The summed E-state index contributed by atoms with van der Waals surface area (Å²) in [7, 11) is 0. The topological polar surface area (TPSA) is 83.0 Å². The molecule has 5 nitrogen and oxygen atoms in total. The number of carboxylic acid groups (broad SMARTS) is 1. The van der Waals surface area contributed by atoms with Gasteiger partial charge < -0.3 is 10.1 Å². The van der Waals surface area contributed by atoms with Crippen molar-refractivity contribution in [3.8, 4) is 0 Å². The first-order chi connectivity index (χ1) is 8.97. The van der Waals surface area contributed by atoms with E-state index in [1.165, 1.54) is 0 Å². The van der Waals surface area contributed by atoms with Crippen molar-refractivity contribution in [3.05, 3.63) is 61.7 Å².